The van der Waals surface area contributed by atoms with Crippen molar-refractivity contribution < 1.29 is 0 Å². The van der Waals surface area contributed by atoms with Gasteiger partial charge in [0.1, 0.15) is 0 Å². The fourth-order valence-corrected chi connectivity index (χ4v) is 8.44. The maximum absolute atomic E-state index is 2.46. The van der Waals surface area contributed by atoms with Gasteiger partial charge in [-0.25, -0.2) is 0 Å². The predicted octanol–water partition coefficient (Wildman–Crippen LogP) is 13.0. The number of rotatable bonds is 3. The Labute approximate surface area is 288 Å². The topological polar surface area (TPSA) is 9.86 Å². The van der Waals surface area contributed by atoms with E-state index in [-0.39, 0.29) is 0 Å². The van der Waals surface area contributed by atoms with E-state index in [1.165, 1.54) is 98.4 Å². The van der Waals surface area contributed by atoms with Gasteiger partial charge in [-0.15, -0.1) is 0 Å². The molecule has 0 bridgehead atoms. The molecule has 0 aliphatic carbocycles. The van der Waals surface area contributed by atoms with Crippen LogP contribution in [0.15, 0.2) is 182 Å². The second kappa shape index (κ2) is 10.4. The Morgan fingerprint density at radius 1 is 0.300 bits per heavy atom. The lowest BCUT2D eigenvalue weighted by molar-refractivity contribution is 1.19. The standard InChI is InChI=1S/C48H30N2/c1-2-15-36(16-3-1)49-44-26-23-34(29-41(44)40-25-21-33-13-6-9-19-39(33)48(40)49)35-24-27-45-42(30-35)47-38-18-8-5-12-32(38)22-28-46(47)50(45)43-20-10-14-31-11-4-7-17-37(31)43/h1-30H. The largest absolute Gasteiger partial charge is 0.309 e. The zero-order valence-corrected chi connectivity index (χ0v) is 27.2. The van der Waals surface area contributed by atoms with Crippen LogP contribution in [0.1, 0.15) is 0 Å². The highest BCUT2D eigenvalue weighted by molar-refractivity contribution is 6.23. The van der Waals surface area contributed by atoms with Crippen molar-refractivity contribution in [2.75, 3.05) is 0 Å². The number of hydrogen-bond acceptors (Lipinski definition) is 0. The molecule has 0 atom stereocenters. The molecule has 0 amide bonds. The summed E-state index contributed by atoms with van der Waals surface area (Å²) in [6.07, 6.45) is 0. The van der Waals surface area contributed by atoms with E-state index in [2.05, 4.69) is 191 Å². The molecule has 9 aromatic carbocycles. The summed E-state index contributed by atoms with van der Waals surface area (Å²) in [5.74, 6) is 0. The van der Waals surface area contributed by atoms with Crippen molar-refractivity contribution in [1.29, 1.82) is 0 Å². The van der Waals surface area contributed by atoms with Gasteiger partial charge < -0.3 is 9.13 Å². The second-order valence-corrected chi connectivity index (χ2v) is 13.3. The van der Waals surface area contributed by atoms with Crippen LogP contribution in [0.25, 0.3) is 98.4 Å². The molecule has 0 radical (unpaired) electrons. The van der Waals surface area contributed by atoms with Gasteiger partial charge in [0, 0.05) is 38.0 Å². The van der Waals surface area contributed by atoms with Crippen LogP contribution in [0.2, 0.25) is 0 Å². The van der Waals surface area contributed by atoms with Gasteiger partial charge in [-0.3, -0.25) is 0 Å². The first-order chi connectivity index (χ1) is 24.8. The number of hydrogen-bond donors (Lipinski definition) is 0. The lowest BCUT2D eigenvalue weighted by Gasteiger charge is -2.12. The zero-order valence-electron chi connectivity index (χ0n) is 27.2. The first kappa shape index (κ1) is 27.3. The number of benzene rings is 9. The van der Waals surface area contributed by atoms with Gasteiger partial charge in [0.2, 0.25) is 0 Å². The lowest BCUT2D eigenvalue weighted by atomic mass is 9.98. The molecule has 0 fully saturated rings. The average molecular weight is 635 g/mol. The summed E-state index contributed by atoms with van der Waals surface area (Å²) in [5, 5.41) is 12.6. The van der Waals surface area contributed by atoms with Gasteiger partial charge in [0.25, 0.3) is 0 Å². The third-order valence-corrected chi connectivity index (χ3v) is 10.7. The Morgan fingerprint density at radius 3 is 1.64 bits per heavy atom. The Hall–Kier alpha value is -6.64. The van der Waals surface area contributed by atoms with E-state index in [9.17, 15) is 0 Å². The molecule has 2 aromatic heterocycles. The van der Waals surface area contributed by atoms with Crippen LogP contribution in [0.4, 0.5) is 0 Å². The third kappa shape index (κ3) is 3.85. The Morgan fingerprint density at radius 2 is 0.860 bits per heavy atom. The maximum Gasteiger partial charge on any atom is 0.0619 e. The minimum Gasteiger partial charge on any atom is -0.309 e. The van der Waals surface area contributed by atoms with E-state index in [1.54, 1.807) is 0 Å². The van der Waals surface area contributed by atoms with E-state index in [0.29, 0.717) is 0 Å². The summed E-state index contributed by atoms with van der Waals surface area (Å²) in [6, 6.07) is 66.8. The van der Waals surface area contributed by atoms with E-state index < -0.39 is 0 Å². The Kier molecular flexibility index (Phi) is 5.70. The van der Waals surface area contributed by atoms with Gasteiger partial charge in [-0.2, -0.15) is 0 Å². The summed E-state index contributed by atoms with van der Waals surface area (Å²) in [4.78, 5) is 0. The normalized spacial score (nSPS) is 12.0. The van der Waals surface area contributed by atoms with Gasteiger partial charge in [-0.05, 0) is 81.2 Å². The summed E-state index contributed by atoms with van der Waals surface area (Å²) < 4.78 is 4.90. The molecule has 0 saturated carbocycles. The molecule has 50 heavy (non-hydrogen) atoms. The Balaban J connectivity index is 1.20. The van der Waals surface area contributed by atoms with E-state index >= 15 is 0 Å². The van der Waals surface area contributed by atoms with Crippen molar-refractivity contribution in [3.8, 4) is 22.5 Å². The van der Waals surface area contributed by atoms with E-state index in [1.807, 2.05) is 0 Å². The summed E-state index contributed by atoms with van der Waals surface area (Å²) in [5.41, 5.74) is 9.70. The van der Waals surface area contributed by atoms with E-state index in [4.69, 9.17) is 0 Å². The van der Waals surface area contributed by atoms with Crippen LogP contribution >= 0.6 is 0 Å². The Bertz CT molecular complexity index is 3140. The molecule has 2 heterocycles. The van der Waals surface area contributed by atoms with Crippen molar-refractivity contribution in [2.24, 2.45) is 0 Å². The van der Waals surface area contributed by atoms with Crippen LogP contribution in [-0.2, 0) is 0 Å². The first-order valence-electron chi connectivity index (χ1n) is 17.3. The third-order valence-electron chi connectivity index (χ3n) is 10.7. The molecule has 2 heteroatoms. The minimum atomic E-state index is 1.17. The zero-order chi connectivity index (χ0) is 32.8. The molecule has 0 aliphatic heterocycles. The van der Waals surface area contributed by atoms with Crippen molar-refractivity contribution in [2.45, 2.75) is 0 Å². The van der Waals surface area contributed by atoms with Crippen molar-refractivity contribution in [3.05, 3.63) is 182 Å². The molecule has 0 N–H and O–H groups in total. The highest BCUT2D eigenvalue weighted by atomic mass is 15.0. The molecule has 0 saturated heterocycles. The molecule has 11 rings (SSSR count). The van der Waals surface area contributed by atoms with Crippen molar-refractivity contribution >= 4 is 75.9 Å². The second-order valence-electron chi connectivity index (χ2n) is 13.3. The quantitative estimate of drug-likeness (QED) is 0.183. The maximum atomic E-state index is 2.46. The van der Waals surface area contributed by atoms with Gasteiger partial charge in [0.05, 0.1) is 27.8 Å². The van der Waals surface area contributed by atoms with Crippen molar-refractivity contribution in [3.63, 3.8) is 0 Å². The first-order valence-corrected chi connectivity index (χ1v) is 17.3. The van der Waals surface area contributed by atoms with Crippen molar-refractivity contribution in [1.82, 2.24) is 9.13 Å². The number of nitrogens with zero attached hydrogens (tertiary/aromatic N) is 2. The van der Waals surface area contributed by atoms with Gasteiger partial charge in [0.15, 0.2) is 0 Å². The summed E-state index contributed by atoms with van der Waals surface area (Å²) >= 11 is 0. The molecular formula is C48H30N2. The molecular weight excluding hydrogens is 605 g/mol. The molecule has 0 aliphatic rings. The summed E-state index contributed by atoms with van der Waals surface area (Å²) in [6.45, 7) is 0. The predicted molar refractivity (Wildman–Crippen MR) is 213 cm³/mol. The van der Waals surface area contributed by atoms with E-state index in [0.717, 1.165) is 0 Å². The van der Waals surface area contributed by atoms with Crippen LogP contribution in [0.5, 0.6) is 0 Å². The molecule has 11 aromatic rings. The smallest absolute Gasteiger partial charge is 0.0619 e. The van der Waals surface area contributed by atoms with Crippen LogP contribution in [0.3, 0.4) is 0 Å². The highest BCUT2D eigenvalue weighted by Gasteiger charge is 2.19. The molecule has 0 unspecified atom stereocenters. The lowest BCUT2D eigenvalue weighted by Crippen LogP contribution is -1.95. The number of fused-ring (bicyclic) bond motifs is 11. The number of para-hydroxylation sites is 1. The summed E-state index contributed by atoms with van der Waals surface area (Å²) in [7, 11) is 0. The van der Waals surface area contributed by atoms with Gasteiger partial charge in [-0.1, -0.05) is 133 Å². The number of aromatic nitrogens is 2. The highest BCUT2D eigenvalue weighted by Crippen LogP contribution is 2.42. The molecule has 2 nitrogen and oxygen atoms in total. The molecule has 0 spiro atoms. The average Bonchev–Trinajstić information content (AvgIpc) is 3.70. The fraction of sp³-hybridized carbons (Fsp3) is 0. The van der Waals surface area contributed by atoms with Crippen LogP contribution in [-0.4, -0.2) is 9.13 Å². The van der Waals surface area contributed by atoms with Crippen LogP contribution < -0.4 is 0 Å². The van der Waals surface area contributed by atoms with Crippen LogP contribution in [0, 0.1) is 0 Å². The fourth-order valence-electron chi connectivity index (χ4n) is 8.44. The SMILES string of the molecule is c1ccc(-n2c3ccc(-c4ccc5c(c4)c4c6ccccc6ccc4n5-c4cccc5ccccc45)cc3c3ccc4ccccc4c32)cc1. The van der Waals surface area contributed by atoms with Gasteiger partial charge >= 0.3 is 0 Å². The monoisotopic (exact) mass is 634 g/mol. The minimum absolute atomic E-state index is 1.17. The molecule has 232 valence electrons.